The Morgan fingerprint density at radius 2 is 2.32 bits per heavy atom. The number of aliphatic carboxylic acids is 1. The maximum atomic E-state index is 11.9. The van der Waals surface area contributed by atoms with Crippen LogP contribution in [-0.2, 0) is 9.59 Å². The number of nitrogens with zero attached hydrogens (tertiary/aromatic N) is 3. The van der Waals surface area contributed by atoms with Gasteiger partial charge in [0.1, 0.15) is 12.4 Å². The summed E-state index contributed by atoms with van der Waals surface area (Å²) < 4.78 is 5.25. The van der Waals surface area contributed by atoms with Crippen LogP contribution in [0.15, 0.2) is 12.4 Å². The molecule has 7 nitrogen and oxygen atoms in total. The Kier molecular flexibility index (Phi) is 3.94. The minimum Gasteiger partial charge on any atom is -0.480 e. The number of carbonyl (C=O) groups excluding carboxylic acids is 1. The lowest BCUT2D eigenvalue weighted by Gasteiger charge is -2.21. The van der Waals surface area contributed by atoms with E-state index in [2.05, 4.69) is 9.97 Å². The van der Waals surface area contributed by atoms with E-state index in [9.17, 15) is 9.59 Å². The number of aromatic nitrogens is 2. The van der Waals surface area contributed by atoms with Crippen LogP contribution in [-0.4, -0.2) is 51.0 Å². The maximum Gasteiger partial charge on any atom is 0.326 e. The van der Waals surface area contributed by atoms with Crippen LogP contribution in [0.25, 0.3) is 0 Å². The Balaban J connectivity index is 1.92. The van der Waals surface area contributed by atoms with E-state index in [1.807, 2.05) is 0 Å². The molecule has 0 radical (unpaired) electrons. The third kappa shape index (κ3) is 3.18. The van der Waals surface area contributed by atoms with E-state index in [1.54, 1.807) is 13.0 Å². The summed E-state index contributed by atoms with van der Waals surface area (Å²) in [5.74, 6) is -0.989. The van der Waals surface area contributed by atoms with Crippen molar-refractivity contribution in [3.63, 3.8) is 0 Å². The van der Waals surface area contributed by atoms with Crippen molar-refractivity contribution in [3.8, 4) is 5.88 Å². The summed E-state index contributed by atoms with van der Waals surface area (Å²) in [5.41, 5.74) is 0.738. The van der Waals surface area contributed by atoms with Crippen molar-refractivity contribution in [1.82, 2.24) is 14.9 Å². The van der Waals surface area contributed by atoms with Gasteiger partial charge < -0.3 is 14.7 Å². The van der Waals surface area contributed by atoms with Gasteiger partial charge in [0.2, 0.25) is 5.88 Å². The molecule has 1 saturated heterocycles. The molecule has 0 aromatic carbocycles. The lowest BCUT2D eigenvalue weighted by atomic mass is 10.2. The molecule has 0 aliphatic carbocycles. The average molecular weight is 265 g/mol. The highest BCUT2D eigenvalue weighted by atomic mass is 16.5. The highest BCUT2D eigenvalue weighted by molar-refractivity contribution is 5.85. The predicted octanol–water partition coefficient (Wildman–Crippen LogP) is 0.239. The Labute approximate surface area is 110 Å². The molecule has 1 aromatic rings. The molecule has 7 heteroatoms. The number of hydrogen-bond acceptors (Lipinski definition) is 5. The number of aryl methyl sites for hydroxylation is 1. The predicted molar refractivity (Wildman–Crippen MR) is 64.6 cm³/mol. The first kappa shape index (κ1) is 13.3. The molecule has 1 aliphatic rings. The Hall–Kier alpha value is -2.18. The van der Waals surface area contributed by atoms with E-state index in [4.69, 9.17) is 9.84 Å². The molecule has 2 rings (SSSR count). The second kappa shape index (κ2) is 5.64. The molecule has 1 fully saturated rings. The van der Waals surface area contributed by atoms with Crippen LogP contribution >= 0.6 is 0 Å². The molecule has 0 unspecified atom stereocenters. The first-order chi connectivity index (χ1) is 9.08. The first-order valence-corrected chi connectivity index (χ1v) is 6.01. The van der Waals surface area contributed by atoms with Gasteiger partial charge in [0.05, 0.1) is 0 Å². The highest BCUT2D eigenvalue weighted by Crippen LogP contribution is 2.17. The third-order valence-corrected chi connectivity index (χ3v) is 2.98. The largest absolute Gasteiger partial charge is 0.480 e. The van der Waals surface area contributed by atoms with Gasteiger partial charge in [0.25, 0.3) is 5.91 Å². The molecule has 102 valence electrons. The van der Waals surface area contributed by atoms with Crippen molar-refractivity contribution >= 4 is 11.9 Å². The van der Waals surface area contributed by atoms with Gasteiger partial charge in [-0.3, -0.25) is 4.79 Å². The number of hydrogen-bond donors (Lipinski definition) is 1. The molecule has 0 saturated carbocycles. The number of ether oxygens (including phenoxy) is 1. The summed E-state index contributed by atoms with van der Waals surface area (Å²) in [6.07, 6.45) is 2.55. The van der Waals surface area contributed by atoms with Gasteiger partial charge in [-0.2, -0.15) is 0 Å². The number of rotatable bonds is 4. The number of carbonyl (C=O) groups is 2. The molecule has 2 heterocycles. The van der Waals surface area contributed by atoms with Crippen LogP contribution in [0, 0.1) is 6.92 Å². The van der Waals surface area contributed by atoms with Crippen LogP contribution in [0.4, 0.5) is 0 Å². The summed E-state index contributed by atoms with van der Waals surface area (Å²) >= 11 is 0. The normalized spacial score (nSPS) is 18.4. The van der Waals surface area contributed by atoms with Crippen molar-refractivity contribution in [2.75, 3.05) is 13.2 Å². The van der Waals surface area contributed by atoms with Crippen LogP contribution in [0.1, 0.15) is 18.5 Å². The summed E-state index contributed by atoms with van der Waals surface area (Å²) in [7, 11) is 0. The minimum absolute atomic E-state index is 0.208. The summed E-state index contributed by atoms with van der Waals surface area (Å²) in [5, 5.41) is 9.00. The number of carboxylic acids is 1. The molecule has 1 N–H and O–H groups in total. The monoisotopic (exact) mass is 265 g/mol. The minimum atomic E-state index is -0.969. The van der Waals surface area contributed by atoms with Gasteiger partial charge in [-0.15, -0.1) is 0 Å². The van der Waals surface area contributed by atoms with Crippen LogP contribution in [0.5, 0.6) is 5.88 Å². The van der Waals surface area contributed by atoms with Gasteiger partial charge in [-0.05, 0) is 19.8 Å². The van der Waals surface area contributed by atoms with E-state index >= 15 is 0 Å². The van der Waals surface area contributed by atoms with Crippen LogP contribution in [0.2, 0.25) is 0 Å². The van der Waals surface area contributed by atoms with Crippen molar-refractivity contribution in [2.45, 2.75) is 25.8 Å². The number of amides is 1. The smallest absolute Gasteiger partial charge is 0.326 e. The van der Waals surface area contributed by atoms with Crippen LogP contribution in [0.3, 0.4) is 0 Å². The topological polar surface area (TPSA) is 92.6 Å². The molecule has 0 spiro atoms. The number of carboxylic acid groups (broad SMARTS) is 1. The van der Waals surface area contributed by atoms with E-state index in [0.717, 1.165) is 5.69 Å². The lowest BCUT2D eigenvalue weighted by Crippen LogP contribution is -2.42. The van der Waals surface area contributed by atoms with Crippen molar-refractivity contribution < 1.29 is 19.4 Å². The van der Waals surface area contributed by atoms with E-state index < -0.39 is 12.0 Å². The summed E-state index contributed by atoms with van der Waals surface area (Å²) in [4.78, 5) is 32.0. The molecular weight excluding hydrogens is 250 g/mol. The van der Waals surface area contributed by atoms with Crippen LogP contribution < -0.4 is 4.74 Å². The SMILES string of the molecule is Cc1cc(OCC(=O)N2CCC[C@H]2C(=O)O)ncn1. The zero-order valence-electron chi connectivity index (χ0n) is 10.6. The van der Waals surface area contributed by atoms with Crippen molar-refractivity contribution in [1.29, 1.82) is 0 Å². The van der Waals surface area contributed by atoms with E-state index in [0.29, 0.717) is 25.3 Å². The van der Waals surface area contributed by atoms with Gasteiger partial charge in [0.15, 0.2) is 6.61 Å². The molecule has 19 heavy (non-hydrogen) atoms. The molecule has 1 aliphatic heterocycles. The van der Waals surface area contributed by atoms with Gasteiger partial charge in [-0.1, -0.05) is 0 Å². The van der Waals surface area contributed by atoms with E-state index in [-0.39, 0.29) is 12.5 Å². The summed E-state index contributed by atoms with van der Waals surface area (Å²) in [6.45, 7) is 2.04. The van der Waals surface area contributed by atoms with Gasteiger partial charge in [-0.25, -0.2) is 14.8 Å². The fourth-order valence-electron chi connectivity index (χ4n) is 2.05. The Bertz CT molecular complexity index is 492. The zero-order chi connectivity index (χ0) is 13.8. The standard InChI is InChI=1S/C12H15N3O4/c1-8-5-10(14-7-13-8)19-6-11(16)15-4-2-3-9(15)12(17)18/h5,7,9H,2-4,6H2,1H3,(H,17,18)/t9-/m0/s1. The number of likely N-dealkylation sites (tertiary alicyclic amines) is 1. The van der Waals surface area contributed by atoms with Gasteiger partial charge >= 0.3 is 5.97 Å². The Morgan fingerprint density at radius 1 is 1.53 bits per heavy atom. The average Bonchev–Trinajstić information content (AvgIpc) is 2.85. The van der Waals surface area contributed by atoms with Crippen molar-refractivity contribution in [3.05, 3.63) is 18.1 Å². The van der Waals surface area contributed by atoms with Gasteiger partial charge in [0, 0.05) is 18.3 Å². The lowest BCUT2D eigenvalue weighted by molar-refractivity contribution is -0.149. The molecule has 1 amide bonds. The first-order valence-electron chi connectivity index (χ1n) is 6.01. The fraction of sp³-hybridized carbons (Fsp3) is 0.500. The second-order valence-electron chi connectivity index (χ2n) is 4.37. The summed E-state index contributed by atoms with van der Waals surface area (Å²) in [6, 6.07) is 0.884. The highest BCUT2D eigenvalue weighted by Gasteiger charge is 2.33. The Morgan fingerprint density at radius 3 is 3.00 bits per heavy atom. The molecule has 1 atom stereocenters. The van der Waals surface area contributed by atoms with E-state index in [1.165, 1.54) is 11.2 Å². The fourth-order valence-corrected chi connectivity index (χ4v) is 2.05. The third-order valence-electron chi connectivity index (χ3n) is 2.98. The zero-order valence-corrected chi connectivity index (χ0v) is 10.6. The second-order valence-corrected chi connectivity index (χ2v) is 4.37. The molecular formula is C12H15N3O4. The van der Waals surface area contributed by atoms with Crippen molar-refractivity contribution in [2.24, 2.45) is 0 Å². The maximum absolute atomic E-state index is 11.9. The molecule has 0 bridgehead atoms. The molecule has 1 aromatic heterocycles. The quantitative estimate of drug-likeness (QED) is 0.838.